The second-order valence-corrected chi connectivity index (χ2v) is 11.4. The third-order valence-electron chi connectivity index (χ3n) is 6.86. The number of carbonyl (C=O) groups is 8. The lowest BCUT2D eigenvalue weighted by Gasteiger charge is -2.31. The van der Waals surface area contributed by atoms with Crippen LogP contribution in [0.25, 0.3) is 0 Å². The predicted octanol–water partition coefficient (Wildman–Crippen LogP) is -0.425. The lowest BCUT2D eigenvalue weighted by Crippen LogP contribution is -2.57. The molecule has 1 aliphatic rings. The molecule has 254 valence electrons. The Morgan fingerprint density at radius 1 is 0.889 bits per heavy atom. The van der Waals surface area contributed by atoms with E-state index in [1.165, 1.54) is 4.90 Å². The van der Waals surface area contributed by atoms with Crippen LogP contribution >= 0.6 is 0 Å². The first-order chi connectivity index (χ1) is 21.2. The summed E-state index contributed by atoms with van der Waals surface area (Å²) in [5, 5.41) is 9.53. The van der Waals surface area contributed by atoms with Crippen molar-refractivity contribution in [2.24, 2.45) is 11.8 Å². The number of ether oxygens (including phenoxy) is 3. The van der Waals surface area contributed by atoms with E-state index in [0.29, 0.717) is 19.3 Å². The number of rotatable bonds is 17. The monoisotopic (exact) mass is 641 g/mol. The summed E-state index contributed by atoms with van der Waals surface area (Å²) in [6.45, 7) is 8.72. The number of alkyl carbamates (subject to hydrolysis) is 1. The molecule has 4 unspecified atom stereocenters. The van der Waals surface area contributed by atoms with E-state index in [4.69, 9.17) is 4.74 Å². The number of methoxy groups -OCH3 is 2. The Labute approximate surface area is 263 Å². The number of hydrogen-bond donors (Lipinski definition) is 4. The molecule has 1 rings (SSSR count). The average molecular weight is 642 g/mol. The standard InChI is InChI=1S/C29H47N5O11/c1-8-10-18(24(37)26(39)30-14-21(35)31-19(28(41)44-7)13-22(36)43-6)32-25(38)20-11-9-12-34(20)27(40)23(17(4)5)33-29(42)45-15-16(2)3/h16-20,23H,8-15H2,1-7H3,(H,30,39)(H,31,35)(H,32,38)(H,33,42). The van der Waals surface area contributed by atoms with Gasteiger partial charge in [-0.3, -0.25) is 28.8 Å². The summed E-state index contributed by atoms with van der Waals surface area (Å²) >= 11 is 0. The van der Waals surface area contributed by atoms with E-state index < -0.39 is 84.6 Å². The number of likely N-dealkylation sites (tertiary alicyclic amines) is 1. The average Bonchev–Trinajstić information content (AvgIpc) is 3.49. The van der Waals surface area contributed by atoms with Gasteiger partial charge in [-0.25, -0.2) is 9.59 Å². The van der Waals surface area contributed by atoms with Gasteiger partial charge in [0.2, 0.25) is 23.5 Å². The van der Waals surface area contributed by atoms with Crippen molar-refractivity contribution in [3.05, 3.63) is 0 Å². The number of nitrogens with one attached hydrogen (secondary N) is 4. The fraction of sp³-hybridized carbons (Fsp3) is 0.724. The molecular formula is C29H47N5O11. The summed E-state index contributed by atoms with van der Waals surface area (Å²) in [4.78, 5) is 102. The molecule has 0 aromatic heterocycles. The van der Waals surface area contributed by atoms with Crippen molar-refractivity contribution in [2.75, 3.05) is 33.9 Å². The molecule has 4 atom stereocenters. The molecule has 0 spiro atoms. The van der Waals surface area contributed by atoms with Crippen LogP contribution in [0.3, 0.4) is 0 Å². The molecule has 1 saturated heterocycles. The topological polar surface area (TPSA) is 216 Å². The van der Waals surface area contributed by atoms with Crippen molar-refractivity contribution in [3.63, 3.8) is 0 Å². The normalized spacial score (nSPS) is 16.2. The van der Waals surface area contributed by atoms with Crippen LogP contribution in [0.5, 0.6) is 0 Å². The molecule has 5 amide bonds. The first-order valence-electron chi connectivity index (χ1n) is 15.0. The number of hydrogen-bond acceptors (Lipinski definition) is 11. The highest BCUT2D eigenvalue weighted by Crippen LogP contribution is 2.21. The van der Waals surface area contributed by atoms with Crippen molar-refractivity contribution in [1.82, 2.24) is 26.2 Å². The molecule has 4 N–H and O–H groups in total. The van der Waals surface area contributed by atoms with Gasteiger partial charge in [0.1, 0.15) is 18.1 Å². The molecule has 1 aliphatic heterocycles. The van der Waals surface area contributed by atoms with Gasteiger partial charge in [0, 0.05) is 6.54 Å². The molecule has 1 heterocycles. The zero-order chi connectivity index (χ0) is 34.3. The molecule has 1 fully saturated rings. The Bertz CT molecular complexity index is 1090. The first kappa shape index (κ1) is 38.8. The second-order valence-electron chi connectivity index (χ2n) is 11.4. The Kier molecular flexibility index (Phi) is 16.6. The van der Waals surface area contributed by atoms with Crippen molar-refractivity contribution in [2.45, 2.75) is 90.9 Å². The minimum absolute atomic E-state index is 0.102. The first-order valence-corrected chi connectivity index (χ1v) is 15.0. The highest BCUT2D eigenvalue weighted by atomic mass is 16.5. The minimum atomic E-state index is -1.37. The van der Waals surface area contributed by atoms with Gasteiger partial charge in [-0.1, -0.05) is 41.0 Å². The fourth-order valence-corrected chi connectivity index (χ4v) is 4.47. The molecule has 0 saturated carbocycles. The summed E-state index contributed by atoms with van der Waals surface area (Å²) in [5.74, 6) is -6.06. The van der Waals surface area contributed by atoms with E-state index in [0.717, 1.165) is 14.2 Å². The summed E-state index contributed by atoms with van der Waals surface area (Å²) in [6.07, 6.45) is 0.0942. The van der Waals surface area contributed by atoms with E-state index in [1.807, 2.05) is 13.8 Å². The minimum Gasteiger partial charge on any atom is -0.469 e. The third-order valence-corrected chi connectivity index (χ3v) is 6.86. The van der Waals surface area contributed by atoms with Crippen LogP contribution < -0.4 is 21.3 Å². The predicted molar refractivity (Wildman–Crippen MR) is 158 cm³/mol. The van der Waals surface area contributed by atoms with Gasteiger partial charge < -0.3 is 40.4 Å². The van der Waals surface area contributed by atoms with Gasteiger partial charge in [-0.05, 0) is 31.1 Å². The summed E-state index contributed by atoms with van der Waals surface area (Å²) in [7, 11) is 2.16. The van der Waals surface area contributed by atoms with Crippen molar-refractivity contribution >= 4 is 47.4 Å². The molecule has 16 heteroatoms. The summed E-state index contributed by atoms with van der Waals surface area (Å²) < 4.78 is 14.2. The fourth-order valence-electron chi connectivity index (χ4n) is 4.47. The Morgan fingerprint density at radius 2 is 1.56 bits per heavy atom. The highest BCUT2D eigenvalue weighted by Gasteiger charge is 2.40. The molecule has 0 radical (unpaired) electrons. The molecule has 0 aliphatic carbocycles. The Morgan fingerprint density at radius 3 is 2.11 bits per heavy atom. The van der Waals surface area contributed by atoms with Gasteiger partial charge in [0.15, 0.2) is 0 Å². The van der Waals surface area contributed by atoms with E-state index >= 15 is 0 Å². The number of nitrogens with zero attached hydrogens (tertiary/aromatic N) is 1. The Hall–Kier alpha value is -4.24. The maximum atomic E-state index is 13.4. The zero-order valence-corrected chi connectivity index (χ0v) is 27.1. The third kappa shape index (κ3) is 12.7. The molecule has 16 nitrogen and oxygen atoms in total. The van der Waals surface area contributed by atoms with Crippen LogP contribution in [-0.4, -0.2) is 110 Å². The molecule has 45 heavy (non-hydrogen) atoms. The maximum Gasteiger partial charge on any atom is 0.407 e. The number of ketones is 1. The number of esters is 2. The lowest BCUT2D eigenvalue weighted by atomic mass is 10.0. The maximum absolute atomic E-state index is 13.4. The van der Waals surface area contributed by atoms with E-state index in [-0.39, 0.29) is 31.4 Å². The van der Waals surface area contributed by atoms with Gasteiger partial charge in [-0.2, -0.15) is 0 Å². The lowest BCUT2D eigenvalue weighted by molar-refractivity contribution is -0.150. The van der Waals surface area contributed by atoms with Gasteiger partial charge in [0.05, 0.1) is 39.8 Å². The second kappa shape index (κ2) is 19.2. The Balaban J connectivity index is 2.88. The van der Waals surface area contributed by atoms with Crippen LogP contribution in [-0.2, 0) is 47.8 Å². The highest BCUT2D eigenvalue weighted by molar-refractivity contribution is 6.38. The van der Waals surface area contributed by atoms with Gasteiger partial charge in [-0.15, -0.1) is 0 Å². The van der Waals surface area contributed by atoms with Crippen LogP contribution in [0.15, 0.2) is 0 Å². The molecule has 0 bridgehead atoms. The molecular weight excluding hydrogens is 594 g/mol. The van der Waals surface area contributed by atoms with Gasteiger partial charge in [0.25, 0.3) is 5.91 Å². The van der Waals surface area contributed by atoms with E-state index in [9.17, 15) is 38.4 Å². The van der Waals surface area contributed by atoms with E-state index in [2.05, 4.69) is 30.7 Å². The number of Topliss-reactive ketones (excluding diaryl/α,β-unsaturated/α-hetero) is 1. The molecule has 0 aromatic carbocycles. The quantitative estimate of drug-likeness (QED) is 0.0908. The SMILES string of the molecule is CCCC(NC(=O)C1CCCN1C(=O)C(NC(=O)OCC(C)C)C(C)C)C(=O)C(=O)NCC(=O)NC(CC(=O)OC)C(=O)OC. The summed E-state index contributed by atoms with van der Waals surface area (Å²) in [5.41, 5.74) is 0. The van der Waals surface area contributed by atoms with Crippen LogP contribution in [0, 0.1) is 11.8 Å². The zero-order valence-electron chi connectivity index (χ0n) is 27.1. The number of amides is 5. The van der Waals surface area contributed by atoms with E-state index in [1.54, 1.807) is 20.8 Å². The van der Waals surface area contributed by atoms with Crippen molar-refractivity contribution in [1.29, 1.82) is 0 Å². The smallest absolute Gasteiger partial charge is 0.407 e. The van der Waals surface area contributed by atoms with Crippen molar-refractivity contribution in [3.8, 4) is 0 Å². The van der Waals surface area contributed by atoms with Crippen molar-refractivity contribution < 1.29 is 52.6 Å². The largest absolute Gasteiger partial charge is 0.469 e. The van der Waals surface area contributed by atoms with Gasteiger partial charge >= 0.3 is 18.0 Å². The van der Waals surface area contributed by atoms with Crippen LogP contribution in [0.2, 0.25) is 0 Å². The summed E-state index contributed by atoms with van der Waals surface area (Å²) in [6, 6.07) is -4.49. The van der Waals surface area contributed by atoms with Crippen LogP contribution in [0.1, 0.15) is 66.7 Å². The molecule has 0 aromatic rings. The van der Waals surface area contributed by atoms with Crippen LogP contribution in [0.4, 0.5) is 4.79 Å². The number of carbonyl (C=O) groups excluding carboxylic acids is 8.